The molecule has 0 heterocycles. The molecule has 3 atom stereocenters. The zero-order valence-corrected chi connectivity index (χ0v) is 7.23. The lowest BCUT2D eigenvalue weighted by molar-refractivity contribution is 0.330. The first-order chi connectivity index (χ1) is 4.18. The third kappa shape index (κ3) is 1.24. The Balaban J connectivity index is 2.31. The molecular weight excluding hydrogens is 130 g/mol. The van der Waals surface area contributed by atoms with E-state index in [4.69, 9.17) is 0 Å². The van der Waals surface area contributed by atoms with Crippen LogP contribution in [0.5, 0.6) is 0 Å². The van der Waals surface area contributed by atoms with E-state index in [1.165, 1.54) is 0 Å². The number of hydrogen-bond acceptors (Lipinski definition) is 2. The van der Waals surface area contributed by atoms with Crippen LogP contribution in [-0.4, -0.2) is 29.8 Å². The molecule has 1 saturated carbocycles. The van der Waals surface area contributed by atoms with Crippen molar-refractivity contribution < 1.29 is 0 Å². The second-order valence-corrected chi connectivity index (χ2v) is 3.51. The second-order valence-electron chi connectivity index (χ2n) is 2.91. The van der Waals surface area contributed by atoms with Crippen molar-refractivity contribution in [3.63, 3.8) is 0 Å². The van der Waals surface area contributed by atoms with Gasteiger partial charge in [0.05, 0.1) is 0 Å². The maximum Gasteiger partial charge on any atom is 0.0248 e. The molecule has 0 aromatic rings. The first kappa shape index (κ1) is 7.42. The molecule has 54 valence electrons. The maximum atomic E-state index is 4.42. The van der Waals surface area contributed by atoms with E-state index in [0.29, 0.717) is 5.25 Å². The average molecular weight is 145 g/mol. The summed E-state index contributed by atoms with van der Waals surface area (Å²) in [6.07, 6.45) is 0. The minimum Gasteiger partial charge on any atom is -0.302 e. The van der Waals surface area contributed by atoms with E-state index in [1.54, 1.807) is 0 Å². The Hall–Kier alpha value is 0.310. The summed E-state index contributed by atoms with van der Waals surface area (Å²) in [6, 6.07) is 0.748. The third-order valence-corrected chi connectivity index (χ3v) is 3.07. The van der Waals surface area contributed by atoms with Crippen LogP contribution in [0.3, 0.4) is 0 Å². The SMILES string of the molecule is CCN(C)[C@@H]1C(C)C1S. The summed E-state index contributed by atoms with van der Waals surface area (Å²) >= 11 is 4.42. The van der Waals surface area contributed by atoms with Gasteiger partial charge in [0, 0.05) is 11.3 Å². The summed E-state index contributed by atoms with van der Waals surface area (Å²) < 4.78 is 0. The normalized spacial score (nSPS) is 41.7. The van der Waals surface area contributed by atoms with Crippen molar-refractivity contribution in [3.8, 4) is 0 Å². The molecule has 9 heavy (non-hydrogen) atoms. The van der Waals surface area contributed by atoms with Gasteiger partial charge in [0.15, 0.2) is 0 Å². The van der Waals surface area contributed by atoms with Crippen molar-refractivity contribution in [2.75, 3.05) is 13.6 Å². The third-order valence-electron chi connectivity index (χ3n) is 2.29. The predicted molar refractivity (Wildman–Crippen MR) is 44.0 cm³/mol. The van der Waals surface area contributed by atoms with Gasteiger partial charge in [-0.25, -0.2) is 0 Å². The first-order valence-corrected chi connectivity index (χ1v) is 4.08. The lowest BCUT2D eigenvalue weighted by Gasteiger charge is -2.12. The Morgan fingerprint density at radius 2 is 2.00 bits per heavy atom. The Morgan fingerprint density at radius 3 is 2.11 bits per heavy atom. The average Bonchev–Trinajstić information content (AvgIpc) is 2.40. The highest BCUT2D eigenvalue weighted by Crippen LogP contribution is 2.39. The van der Waals surface area contributed by atoms with Gasteiger partial charge < -0.3 is 4.90 Å². The van der Waals surface area contributed by atoms with Crippen LogP contribution in [0.1, 0.15) is 13.8 Å². The van der Waals surface area contributed by atoms with Crippen LogP contribution in [0.2, 0.25) is 0 Å². The molecule has 0 aromatic heterocycles. The summed E-state index contributed by atoms with van der Waals surface area (Å²) in [5.41, 5.74) is 0. The van der Waals surface area contributed by atoms with Crippen molar-refractivity contribution in [1.29, 1.82) is 0 Å². The minimum absolute atomic E-state index is 0.634. The van der Waals surface area contributed by atoms with Gasteiger partial charge in [-0.15, -0.1) is 0 Å². The van der Waals surface area contributed by atoms with E-state index in [2.05, 4.69) is 38.4 Å². The molecule has 2 unspecified atom stereocenters. The van der Waals surface area contributed by atoms with Crippen LogP contribution in [0.15, 0.2) is 0 Å². The molecule has 0 bridgehead atoms. The topological polar surface area (TPSA) is 3.24 Å². The summed E-state index contributed by atoms with van der Waals surface area (Å²) in [7, 11) is 2.16. The van der Waals surface area contributed by atoms with Crippen molar-refractivity contribution in [2.24, 2.45) is 5.92 Å². The van der Waals surface area contributed by atoms with Crippen LogP contribution < -0.4 is 0 Å². The summed E-state index contributed by atoms with van der Waals surface area (Å²) in [6.45, 7) is 5.59. The molecule has 1 rings (SSSR count). The molecule has 0 saturated heterocycles. The van der Waals surface area contributed by atoms with Gasteiger partial charge >= 0.3 is 0 Å². The molecule has 0 amide bonds. The zero-order valence-electron chi connectivity index (χ0n) is 6.33. The molecule has 0 radical (unpaired) electrons. The Labute approximate surface area is 62.8 Å². The number of rotatable bonds is 2. The molecule has 0 spiro atoms. The smallest absolute Gasteiger partial charge is 0.0248 e. The predicted octanol–water partition coefficient (Wildman–Crippen LogP) is 1.25. The van der Waals surface area contributed by atoms with Crippen LogP contribution >= 0.6 is 12.6 Å². The highest BCUT2D eigenvalue weighted by molar-refractivity contribution is 7.81. The largest absolute Gasteiger partial charge is 0.302 e. The Bertz CT molecular complexity index is 97.1. The van der Waals surface area contributed by atoms with Gasteiger partial charge in [0.25, 0.3) is 0 Å². The molecule has 0 aromatic carbocycles. The van der Waals surface area contributed by atoms with E-state index in [-0.39, 0.29) is 0 Å². The van der Waals surface area contributed by atoms with E-state index in [1.807, 2.05) is 0 Å². The highest BCUT2D eigenvalue weighted by atomic mass is 32.1. The lowest BCUT2D eigenvalue weighted by atomic mass is 10.4. The summed E-state index contributed by atoms with van der Waals surface area (Å²) in [5.74, 6) is 0.804. The van der Waals surface area contributed by atoms with Crippen molar-refractivity contribution >= 4 is 12.6 Å². The Morgan fingerprint density at radius 1 is 1.56 bits per heavy atom. The van der Waals surface area contributed by atoms with Gasteiger partial charge in [0.2, 0.25) is 0 Å². The van der Waals surface area contributed by atoms with Crippen LogP contribution in [-0.2, 0) is 0 Å². The molecule has 1 fully saturated rings. The van der Waals surface area contributed by atoms with E-state index in [0.717, 1.165) is 18.5 Å². The highest BCUT2D eigenvalue weighted by Gasteiger charge is 2.45. The molecule has 1 aliphatic rings. The van der Waals surface area contributed by atoms with E-state index >= 15 is 0 Å². The Kier molecular flexibility index (Phi) is 2.07. The van der Waals surface area contributed by atoms with Gasteiger partial charge in [-0.1, -0.05) is 13.8 Å². The van der Waals surface area contributed by atoms with Gasteiger partial charge in [0.1, 0.15) is 0 Å². The fourth-order valence-electron chi connectivity index (χ4n) is 1.29. The van der Waals surface area contributed by atoms with Crippen LogP contribution in [0.25, 0.3) is 0 Å². The van der Waals surface area contributed by atoms with Crippen molar-refractivity contribution in [1.82, 2.24) is 4.90 Å². The van der Waals surface area contributed by atoms with E-state index in [9.17, 15) is 0 Å². The van der Waals surface area contributed by atoms with E-state index < -0.39 is 0 Å². The standard InChI is InChI=1S/C7H15NS/c1-4-8(3)6-5(2)7(6)9/h5-7,9H,4H2,1-3H3/t5?,6-,7?/m1/s1. The number of nitrogens with zero attached hydrogens (tertiary/aromatic N) is 1. The molecule has 0 aliphatic heterocycles. The zero-order chi connectivity index (χ0) is 7.02. The molecular formula is C7H15NS. The molecule has 1 nitrogen and oxygen atoms in total. The molecule has 1 aliphatic carbocycles. The lowest BCUT2D eigenvalue weighted by Crippen LogP contribution is -2.22. The fourth-order valence-corrected chi connectivity index (χ4v) is 1.87. The molecule has 2 heteroatoms. The number of hydrogen-bond donors (Lipinski definition) is 1. The van der Waals surface area contributed by atoms with Crippen LogP contribution in [0, 0.1) is 5.92 Å². The minimum atomic E-state index is 0.634. The fraction of sp³-hybridized carbons (Fsp3) is 1.00. The van der Waals surface area contributed by atoms with Gasteiger partial charge in [-0.3, -0.25) is 0 Å². The monoisotopic (exact) mass is 145 g/mol. The summed E-state index contributed by atoms with van der Waals surface area (Å²) in [4.78, 5) is 2.36. The first-order valence-electron chi connectivity index (χ1n) is 3.56. The van der Waals surface area contributed by atoms with Gasteiger partial charge in [-0.2, -0.15) is 12.6 Å². The van der Waals surface area contributed by atoms with Crippen molar-refractivity contribution in [2.45, 2.75) is 25.1 Å². The number of thiol groups is 1. The second kappa shape index (κ2) is 2.51. The molecule has 0 N–H and O–H groups in total. The van der Waals surface area contributed by atoms with Crippen LogP contribution in [0.4, 0.5) is 0 Å². The van der Waals surface area contributed by atoms with Crippen molar-refractivity contribution in [3.05, 3.63) is 0 Å². The maximum absolute atomic E-state index is 4.42. The van der Waals surface area contributed by atoms with Gasteiger partial charge in [-0.05, 0) is 19.5 Å². The summed E-state index contributed by atoms with van der Waals surface area (Å²) in [5, 5.41) is 0.634. The quantitative estimate of drug-likeness (QED) is 0.572.